The maximum atomic E-state index is 5.95. The van der Waals surface area contributed by atoms with Gasteiger partial charge in [0.15, 0.2) is 10.8 Å². The number of aryl methyl sites for hydroxylation is 1. The van der Waals surface area contributed by atoms with Gasteiger partial charge in [-0.2, -0.15) is 0 Å². The van der Waals surface area contributed by atoms with Crippen molar-refractivity contribution >= 4 is 34.1 Å². The van der Waals surface area contributed by atoms with E-state index in [2.05, 4.69) is 33.3 Å². The van der Waals surface area contributed by atoms with Crippen LogP contribution in [-0.2, 0) is 6.54 Å². The molecule has 0 aliphatic heterocycles. The van der Waals surface area contributed by atoms with Crippen molar-refractivity contribution < 1.29 is 0 Å². The monoisotopic (exact) mass is 264 g/mol. The summed E-state index contributed by atoms with van der Waals surface area (Å²) >= 11 is 7.69. The third kappa shape index (κ3) is 1.92. The Bertz CT molecular complexity index is 673. The molecule has 0 radical (unpaired) electrons. The van der Waals surface area contributed by atoms with Gasteiger partial charge in [0, 0.05) is 4.88 Å². The third-order valence-electron chi connectivity index (χ3n) is 2.47. The molecular weight excluding hydrogens is 256 g/mol. The van der Waals surface area contributed by atoms with E-state index in [0.717, 1.165) is 12.2 Å². The first kappa shape index (κ1) is 10.7. The summed E-state index contributed by atoms with van der Waals surface area (Å²) < 4.78 is 1.98. The Kier molecular flexibility index (Phi) is 2.57. The highest BCUT2D eigenvalue weighted by Gasteiger charge is 2.09. The number of hydrogen-bond acceptors (Lipinski definition) is 4. The first-order valence-electron chi connectivity index (χ1n) is 5.09. The Balaban J connectivity index is 2.04. The van der Waals surface area contributed by atoms with Crippen LogP contribution in [0.25, 0.3) is 11.2 Å². The van der Waals surface area contributed by atoms with Crippen LogP contribution < -0.4 is 0 Å². The van der Waals surface area contributed by atoms with Gasteiger partial charge in [-0.25, -0.2) is 15.0 Å². The molecule has 0 bridgehead atoms. The molecule has 0 spiro atoms. The van der Waals surface area contributed by atoms with E-state index in [4.69, 9.17) is 11.6 Å². The van der Waals surface area contributed by atoms with E-state index >= 15 is 0 Å². The molecule has 0 atom stereocenters. The van der Waals surface area contributed by atoms with Gasteiger partial charge in [0.25, 0.3) is 0 Å². The van der Waals surface area contributed by atoms with E-state index < -0.39 is 0 Å². The van der Waals surface area contributed by atoms with Gasteiger partial charge in [0.2, 0.25) is 0 Å². The van der Waals surface area contributed by atoms with Crippen molar-refractivity contribution in [3.05, 3.63) is 39.7 Å². The molecular formula is C11H9ClN4S. The van der Waals surface area contributed by atoms with Crippen molar-refractivity contribution in [2.75, 3.05) is 0 Å². The van der Waals surface area contributed by atoms with Crippen molar-refractivity contribution in [3.63, 3.8) is 0 Å². The minimum absolute atomic E-state index is 0.399. The fourth-order valence-electron chi connectivity index (χ4n) is 1.71. The molecule has 3 rings (SSSR count). The topological polar surface area (TPSA) is 43.6 Å². The normalized spacial score (nSPS) is 11.2. The summed E-state index contributed by atoms with van der Waals surface area (Å²) in [5.41, 5.74) is 2.71. The summed E-state index contributed by atoms with van der Waals surface area (Å²) in [5.74, 6) is 0. The Hall–Kier alpha value is -1.46. The summed E-state index contributed by atoms with van der Waals surface area (Å²) in [6, 6.07) is 2.17. The fraction of sp³-hybridized carbons (Fsp3) is 0.182. The van der Waals surface area contributed by atoms with Gasteiger partial charge in [-0.3, -0.25) is 0 Å². The van der Waals surface area contributed by atoms with Crippen LogP contribution in [0.2, 0.25) is 5.15 Å². The van der Waals surface area contributed by atoms with Gasteiger partial charge in [0.1, 0.15) is 11.8 Å². The molecule has 86 valence electrons. The van der Waals surface area contributed by atoms with E-state index in [9.17, 15) is 0 Å². The minimum atomic E-state index is 0.399. The van der Waals surface area contributed by atoms with Crippen LogP contribution >= 0.6 is 22.9 Å². The summed E-state index contributed by atoms with van der Waals surface area (Å²) in [5, 5.41) is 2.53. The average molecular weight is 265 g/mol. The molecule has 0 N–H and O–H groups in total. The summed E-state index contributed by atoms with van der Waals surface area (Å²) in [6.45, 7) is 2.85. The zero-order valence-corrected chi connectivity index (χ0v) is 10.7. The summed E-state index contributed by atoms with van der Waals surface area (Å²) in [7, 11) is 0. The van der Waals surface area contributed by atoms with E-state index in [0.29, 0.717) is 10.7 Å². The Morgan fingerprint density at radius 2 is 2.24 bits per heavy atom. The number of nitrogens with zero attached hydrogens (tertiary/aromatic N) is 4. The lowest BCUT2D eigenvalue weighted by atomic mass is 10.3. The number of imidazole rings is 1. The average Bonchev–Trinajstić information content (AvgIpc) is 2.88. The molecule has 0 aliphatic carbocycles. The maximum Gasteiger partial charge on any atom is 0.165 e. The molecule has 0 aliphatic rings. The third-order valence-corrected chi connectivity index (χ3v) is 3.78. The van der Waals surface area contributed by atoms with Crippen molar-refractivity contribution in [1.82, 2.24) is 19.5 Å². The van der Waals surface area contributed by atoms with Crippen molar-refractivity contribution in [3.8, 4) is 0 Å². The smallest absolute Gasteiger partial charge is 0.165 e. The molecule has 0 fully saturated rings. The van der Waals surface area contributed by atoms with Gasteiger partial charge in [-0.05, 0) is 23.9 Å². The van der Waals surface area contributed by atoms with Crippen LogP contribution in [0.15, 0.2) is 24.1 Å². The predicted molar refractivity (Wildman–Crippen MR) is 68.5 cm³/mol. The fourth-order valence-corrected chi connectivity index (χ4v) is 2.76. The lowest BCUT2D eigenvalue weighted by molar-refractivity contribution is 0.825. The minimum Gasteiger partial charge on any atom is -0.310 e. The number of halogens is 1. The highest BCUT2D eigenvalue weighted by Crippen LogP contribution is 2.20. The van der Waals surface area contributed by atoms with E-state index in [1.54, 1.807) is 17.7 Å². The highest BCUT2D eigenvalue weighted by molar-refractivity contribution is 7.10. The van der Waals surface area contributed by atoms with Crippen LogP contribution in [0.4, 0.5) is 0 Å². The molecule has 0 amide bonds. The van der Waals surface area contributed by atoms with Gasteiger partial charge >= 0.3 is 0 Å². The summed E-state index contributed by atoms with van der Waals surface area (Å²) in [4.78, 5) is 13.6. The number of fused-ring (bicyclic) bond motifs is 1. The second kappa shape index (κ2) is 4.09. The number of hydrogen-bond donors (Lipinski definition) is 0. The van der Waals surface area contributed by atoms with Crippen LogP contribution in [0, 0.1) is 6.92 Å². The maximum absolute atomic E-state index is 5.95. The number of rotatable bonds is 2. The van der Waals surface area contributed by atoms with Crippen LogP contribution in [0.5, 0.6) is 0 Å². The van der Waals surface area contributed by atoms with Gasteiger partial charge in [-0.1, -0.05) is 11.6 Å². The van der Waals surface area contributed by atoms with Crippen molar-refractivity contribution in [2.24, 2.45) is 0 Å². The molecule has 0 unspecified atom stereocenters. The molecule has 0 aromatic carbocycles. The van der Waals surface area contributed by atoms with Crippen molar-refractivity contribution in [2.45, 2.75) is 13.5 Å². The Morgan fingerprint density at radius 1 is 1.35 bits per heavy atom. The standard InChI is InChI=1S/C11H9ClN4S/c1-7-2-8(17-4-7)3-16-6-15-9-10(12)13-5-14-11(9)16/h2,4-6H,3H2,1H3. The zero-order valence-electron chi connectivity index (χ0n) is 9.09. The SMILES string of the molecule is Cc1csc(Cn2cnc3c(Cl)ncnc32)c1. The molecule has 3 heterocycles. The Morgan fingerprint density at radius 3 is 3.00 bits per heavy atom. The second-order valence-electron chi connectivity index (χ2n) is 3.80. The zero-order chi connectivity index (χ0) is 11.8. The van der Waals surface area contributed by atoms with Crippen molar-refractivity contribution in [1.29, 1.82) is 0 Å². The quantitative estimate of drug-likeness (QED) is 0.669. The number of thiophene rings is 1. The van der Waals surface area contributed by atoms with Gasteiger partial charge < -0.3 is 4.57 Å². The van der Waals surface area contributed by atoms with Crippen LogP contribution in [0.1, 0.15) is 10.4 Å². The molecule has 4 nitrogen and oxygen atoms in total. The lowest BCUT2D eigenvalue weighted by Crippen LogP contribution is -1.97. The summed E-state index contributed by atoms with van der Waals surface area (Å²) in [6.07, 6.45) is 3.21. The molecule has 0 saturated carbocycles. The van der Waals surface area contributed by atoms with E-state index in [-0.39, 0.29) is 0 Å². The highest BCUT2D eigenvalue weighted by atomic mass is 35.5. The van der Waals surface area contributed by atoms with Crippen LogP contribution in [0.3, 0.4) is 0 Å². The van der Waals surface area contributed by atoms with E-state index in [1.165, 1.54) is 16.8 Å². The van der Waals surface area contributed by atoms with Gasteiger partial charge in [-0.15, -0.1) is 11.3 Å². The second-order valence-corrected chi connectivity index (χ2v) is 5.15. The lowest BCUT2D eigenvalue weighted by Gasteiger charge is -2.00. The van der Waals surface area contributed by atoms with E-state index in [1.807, 2.05) is 4.57 Å². The van der Waals surface area contributed by atoms with Crippen LogP contribution in [-0.4, -0.2) is 19.5 Å². The Labute approximate surface area is 107 Å². The number of aromatic nitrogens is 4. The first-order chi connectivity index (χ1) is 8.24. The molecule has 0 saturated heterocycles. The molecule has 3 aromatic heterocycles. The molecule has 6 heteroatoms. The first-order valence-corrected chi connectivity index (χ1v) is 6.35. The molecule has 3 aromatic rings. The predicted octanol–water partition coefficient (Wildman–Crippen LogP) is 2.90. The van der Waals surface area contributed by atoms with Gasteiger partial charge in [0.05, 0.1) is 12.9 Å². The molecule has 17 heavy (non-hydrogen) atoms. The largest absolute Gasteiger partial charge is 0.310 e.